The molecule has 2 aliphatic heterocycles. The van der Waals surface area contributed by atoms with Gasteiger partial charge in [0, 0.05) is 5.54 Å². The van der Waals surface area contributed by atoms with E-state index in [9.17, 15) is 13.2 Å². The quantitative estimate of drug-likeness (QED) is 0.805. The average molecular weight is 372 g/mol. The summed E-state index contributed by atoms with van der Waals surface area (Å²) in [5, 5.41) is 0. The van der Waals surface area contributed by atoms with Crippen LogP contribution in [0, 0.1) is 12.3 Å². The maximum Gasteiger partial charge on any atom is 0.263 e. The number of hydrogen-bond donors (Lipinski definition) is 1. The smallest absolute Gasteiger partial charge is 0.263 e. The molecule has 1 aromatic carbocycles. The largest absolute Gasteiger partial charge is 0.307 e. The highest BCUT2D eigenvalue weighted by Crippen LogP contribution is 2.37. The van der Waals surface area contributed by atoms with Crippen LogP contribution in [0.15, 0.2) is 28.1 Å². The Kier molecular flexibility index (Phi) is 3.65. The van der Waals surface area contributed by atoms with E-state index in [-0.39, 0.29) is 28.9 Å². The second-order valence-electron chi connectivity index (χ2n) is 7.30. The maximum absolute atomic E-state index is 12.9. The molecule has 1 N–H and O–H groups in total. The van der Waals surface area contributed by atoms with Crippen LogP contribution in [-0.4, -0.2) is 49.9 Å². The van der Waals surface area contributed by atoms with E-state index in [0.29, 0.717) is 23.8 Å². The molecule has 4 rings (SSSR count). The van der Waals surface area contributed by atoms with Gasteiger partial charge in [-0.3, -0.25) is 14.7 Å². The Balaban J connectivity index is 1.79. The van der Waals surface area contributed by atoms with Crippen LogP contribution in [0.5, 0.6) is 0 Å². The van der Waals surface area contributed by atoms with Crippen molar-refractivity contribution in [1.29, 1.82) is 0 Å². The molecule has 0 aromatic heterocycles. The van der Waals surface area contributed by atoms with E-state index < -0.39 is 10.0 Å². The van der Waals surface area contributed by atoms with Crippen molar-refractivity contribution in [2.75, 3.05) is 18.0 Å². The van der Waals surface area contributed by atoms with Crippen LogP contribution in [0.2, 0.25) is 0 Å². The van der Waals surface area contributed by atoms with Crippen molar-refractivity contribution < 1.29 is 13.2 Å². The highest BCUT2D eigenvalue weighted by atomic mass is 32.2. The Labute approximate surface area is 153 Å². The highest BCUT2D eigenvalue weighted by Gasteiger charge is 2.43. The van der Waals surface area contributed by atoms with Crippen LogP contribution in [0.3, 0.4) is 0 Å². The number of carbonyl (C=O) groups excluding carboxylic acids is 1. The number of nitrogens with zero attached hydrogens (tertiary/aromatic N) is 3. The van der Waals surface area contributed by atoms with Crippen LogP contribution >= 0.6 is 0 Å². The van der Waals surface area contributed by atoms with Crippen LogP contribution in [0.1, 0.15) is 37.0 Å². The van der Waals surface area contributed by atoms with Gasteiger partial charge in [0.1, 0.15) is 0 Å². The number of guanidine groups is 1. The number of anilines is 1. The third-order valence-corrected chi connectivity index (χ3v) is 6.67. The van der Waals surface area contributed by atoms with Crippen LogP contribution < -0.4 is 9.62 Å². The molecule has 1 amide bonds. The third kappa shape index (κ3) is 2.59. The molecule has 1 aromatic rings. The van der Waals surface area contributed by atoms with Gasteiger partial charge in [0.2, 0.25) is 16.0 Å². The number of amides is 1. The molecule has 1 saturated carbocycles. The monoisotopic (exact) mass is 372 g/mol. The van der Waals surface area contributed by atoms with Gasteiger partial charge in [0.25, 0.3) is 5.91 Å². The summed E-state index contributed by atoms with van der Waals surface area (Å²) in [6, 6.07) is 4.74. The lowest BCUT2D eigenvalue weighted by atomic mass is 10.1. The Morgan fingerprint density at radius 2 is 2.15 bits per heavy atom. The molecule has 8 heteroatoms. The van der Waals surface area contributed by atoms with Crippen molar-refractivity contribution in [2.24, 2.45) is 4.99 Å². The topological polar surface area (TPSA) is 82.1 Å². The fourth-order valence-electron chi connectivity index (χ4n) is 3.34. The zero-order valence-electron chi connectivity index (χ0n) is 14.7. The Bertz CT molecular complexity index is 973. The molecular weight excluding hydrogens is 352 g/mol. The van der Waals surface area contributed by atoms with Gasteiger partial charge in [0.15, 0.2) is 0 Å². The minimum atomic E-state index is -3.69. The number of fused-ring (bicyclic) bond motifs is 3. The number of rotatable bonds is 4. The molecule has 3 aliphatic rings. The van der Waals surface area contributed by atoms with Crippen molar-refractivity contribution in [3.05, 3.63) is 23.8 Å². The second kappa shape index (κ2) is 5.56. The zero-order chi connectivity index (χ0) is 18.7. The van der Waals surface area contributed by atoms with Crippen LogP contribution in [0.4, 0.5) is 5.69 Å². The number of benzene rings is 1. The molecule has 0 saturated heterocycles. The molecule has 1 aliphatic carbocycles. The first-order valence-electron chi connectivity index (χ1n) is 8.53. The van der Waals surface area contributed by atoms with E-state index in [1.165, 1.54) is 11.0 Å². The minimum Gasteiger partial charge on any atom is -0.307 e. The fourth-order valence-corrected chi connectivity index (χ4v) is 4.83. The molecular formula is C18H20N4O3S. The summed E-state index contributed by atoms with van der Waals surface area (Å²) in [6.07, 6.45) is 7.04. The molecule has 26 heavy (non-hydrogen) atoms. The predicted molar refractivity (Wildman–Crippen MR) is 98.5 cm³/mol. The number of hydrogen-bond acceptors (Lipinski definition) is 5. The number of sulfonamides is 1. The minimum absolute atomic E-state index is 0.0723. The lowest BCUT2D eigenvalue weighted by molar-refractivity contribution is 0.0853. The van der Waals surface area contributed by atoms with E-state index >= 15 is 0 Å². The Morgan fingerprint density at radius 1 is 1.42 bits per heavy atom. The van der Waals surface area contributed by atoms with Crippen molar-refractivity contribution in [1.82, 2.24) is 9.62 Å². The molecule has 0 radical (unpaired) electrons. The predicted octanol–water partition coefficient (Wildman–Crippen LogP) is 1.17. The zero-order valence-corrected chi connectivity index (χ0v) is 15.5. The first-order chi connectivity index (χ1) is 12.3. The molecule has 1 atom stereocenters. The van der Waals surface area contributed by atoms with E-state index in [1.54, 1.807) is 12.1 Å². The molecule has 1 fully saturated rings. The summed E-state index contributed by atoms with van der Waals surface area (Å²) in [5.41, 5.74) is 0.623. The normalized spacial score (nSPS) is 23.2. The van der Waals surface area contributed by atoms with E-state index in [2.05, 4.69) is 15.6 Å². The van der Waals surface area contributed by atoms with Crippen molar-refractivity contribution in [2.45, 2.75) is 43.2 Å². The summed E-state index contributed by atoms with van der Waals surface area (Å²) in [5.74, 6) is 2.69. The summed E-state index contributed by atoms with van der Waals surface area (Å²) in [6.45, 7) is 4.53. The number of terminal acetylenes is 1. The standard InChI is InChI=1S/C18H20N4O3S/c1-4-9-21-16(23)14-10-13(26(24,25)20-18(3)7-8-18)5-6-15(14)22-12(2)11-19-17(21)22/h1,5-6,10,12,20H,7-9,11H2,2-3H3/t12-/m1/s1. The fraction of sp³-hybridized carbons (Fsp3) is 0.444. The second-order valence-corrected chi connectivity index (χ2v) is 8.98. The number of aliphatic imine (C=N–C) groups is 1. The summed E-state index contributed by atoms with van der Waals surface area (Å²) in [4.78, 5) is 20.8. The summed E-state index contributed by atoms with van der Waals surface area (Å²) in [7, 11) is -3.69. The van der Waals surface area contributed by atoms with E-state index in [1.807, 2.05) is 18.7 Å². The molecule has 0 spiro atoms. The average Bonchev–Trinajstić information content (AvgIpc) is 3.17. The summed E-state index contributed by atoms with van der Waals surface area (Å²) < 4.78 is 28.1. The van der Waals surface area contributed by atoms with Gasteiger partial charge in [-0.1, -0.05) is 5.92 Å². The SMILES string of the molecule is C#CCN1C(=O)c2cc(S(=O)(=O)NC3(C)CC3)ccc2N2C1=NC[C@H]2C. The van der Waals surface area contributed by atoms with Gasteiger partial charge >= 0.3 is 0 Å². The van der Waals surface area contributed by atoms with Crippen molar-refractivity contribution in [3.8, 4) is 12.3 Å². The van der Waals surface area contributed by atoms with E-state index in [0.717, 1.165) is 12.8 Å². The van der Waals surface area contributed by atoms with Gasteiger partial charge < -0.3 is 4.90 Å². The van der Waals surface area contributed by atoms with Crippen molar-refractivity contribution in [3.63, 3.8) is 0 Å². The Hall–Kier alpha value is -2.37. The van der Waals surface area contributed by atoms with Crippen LogP contribution in [0.25, 0.3) is 0 Å². The third-order valence-electron chi connectivity index (χ3n) is 5.04. The van der Waals surface area contributed by atoms with Crippen molar-refractivity contribution >= 4 is 27.6 Å². The highest BCUT2D eigenvalue weighted by molar-refractivity contribution is 7.89. The number of carbonyl (C=O) groups is 1. The van der Waals surface area contributed by atoms with Crippen LogP contribution in [-0.2, 0) is 10.0 Å². The molecule has 0 bridgehead atoms. The first kappa shape index (κ1) is 17.1. The van der Waals surface area contributed by atoms with Gasteiger partial charge in [-0.05, 0) is 44.9 Å². The first-order valence-corrected chi connectivity index (χ1v) is 10.0. The van der Waals surface area contributed by atoms with Gasteiger partial charge in [-0.15, -0.1) is 6.42 Å². The summed E-state index contributed by atoms with van der Waals surface area (Å²) >= 11 is 0. The van der Waals surface area contributed by atoms with Gasteiger partial charge in [-0.25, -0.2) is 13.1 Å². The molecule has 136 valence electrons. The maximum atomic E-state index is 12.9. The molecule has 0 unspecified atom stereocenters. The van der Waals surface area contributed by atoms with E-state index in [4.69, 9.17) is 6.42 Å². The molecule has 7 nitrogen and oxygen atoms in total. The number of nitrogens with one attached hydrogen (secondary N) is 1. The molecule has 2 heterocycles. The Morgan fingerprint density at radius 3 is 2.81 bits per heavy atom. The lowest BCUT2D eigenvalue weighted by Gasteiger charge is -2.37. The van der Waals surface area contributed by atoms with Gasteiger partial charge in [-0.2, -0.15) is 0 Å². The van der Waals surface area contributed by atoms with Gasteiger partial charge in [0.05, 0.1) is 35.3 Å². The lowest BCUT2D eigenvalue weighted by Crippen LogP contribution is -2.52.